The van der Waals surface area contributed by atoms with E-state index >= 15 is 0 Å². The van der Waals surface area contributed by atoms with Gasteiger partial charge in [0, 0.05) is 7.11 Å². The molecule has 0 amide bonds. The Balaban J connectivity index is 2.28. The summed E-state index contributed by atoms with van der Waals surface area (Å²) in [5.74, 6) is 0. The monoisotopic (exact) mass is 101 g/mol. The fourth-order valence-electron chi connectivity index (χ4n) is 0.418. The van der Waals surface area contributed by atoms with E-state index in [2.05, 4.69) is 4.99 Å². The van der Waals surface area contributed by atoms with Crippen molar-refractivity contribution in [1.29, 1.82) is 0 Å². The molecule has 1 unspecified atom stereocenters. The summed E-state index contributed by atoms with van der Waals surface area (Å²) in [6.45, 7) is 0.443. The number of hydrogen-bond donors (Lipinski definition) is 0. The molecule has 1 aliphatic heterocycles. The van der Waals surface area contributed by atoms with E-state index in [4.69, 9.17) is 9.47 Å². The van der Waals surface area contributed by atoms with Gasteiger partial charge in [-0.3, -0.25) is 4.99 Å². The van der Waals surface area contributed by atoms with Crippen LogP contribution in [0.1, 0.15) is 0 Å². The number of hydrogen-bond acceptors (Lipinski definition) is 3. The molecule has 0 bridgehead atoms. The van der Waals surface area contributed by atoms with Gasteiger partial charge in [-0.25, -0.2) is 0 Å². The highest BCUT2D eigenvalue weighted by Gasteiger charge is 2.05. The van der Waals surface area contributed by atoms with Crippen molar-refractivity contribution in [2.45, 2.75) is 6.29 Å². The summed E-state index contributed by atoms with van der Waals surface area (Å²) in [5, 5.41) is 0. The van der Waals surface area contributed by atoms with Gasteiger partial charge in [-0.15, -0.1) is 0 Å². The van der Waals surface area contributed by atoms with Gasteiger partial charge in [-0.1, -0.05) is 0 Å². The first-order valence-corrected chi connectivity index (χ1v) is 2.08. The third-order valence-corrected chi connectivity index (χ3v) is 0.773. The highest BCUT2D eigenvalue weighted by molar-refractivity contribution is 5.62. The molecule has 0 N–H and O–H groups in total. The van der Waals surface area contributed by atoms with Crippen LogP contribution in [0.2, 0.25) is 0 Å². The van der Waals surface area contributed by atoms with E-state index in [1.54, 1.807) is 13.3 Å². The zero-order valence-electron chi connectivity index (χ0n) is 4.13. The quantitative estimate of drug-likeness (QED) is 0.466. The lowest BCUT2D eigenvalue weighted by Gasteiger charge is -1.99. The minimum atomic E-state index is -0.194. The first kappa shape index (κ1) is 4.74. The summed E-state index contributed by atoms with van der Waals surface area (Å²) in [5.41, 5.74) is 0. The molecule has 0 spiro atoms. The molecule has 0 aromatic carbocycles. The van der Waals surface area contributed by atoms with Gasteiger partial charge in [0.25, 0.3) is 0 Å². The topological polar surface area (TPSA) is 30.8 Å². The lowest BCUT2D eigenvalue weighted by atomic mass is 10.7. The minimum Gasteiger partial charge on any atom is -0.351 e. The van der Waals surface area contributed by atoms with E-state index in [9.17, 15) is 0 Å². The van der Waals surface area contributed by atoms with Gasteiger partial charge >= 0.3 is 0 Å². The Morgan fingerprint density at radius 3 is 3.14 bits per heavy atom. The number of nitrogens with zero attached hydrogens (tertiary/aromatic N) is 1. The molecule has 0 aromatic rings. The Morgan fingerprint density at radius 1 is 2.00 bits per heavy atom. The van der Waals surface area contributed by atoms with Crippen molar-refractivity contribution in [1.82, 2.24) is 0 Å². The van der Waals surface area contributed by atoms with Gasteiger partial charge in [0.1, 0.15) is 6.73 Å². The van der Waals surface area contributed by atoms with Gasteiger partial charge in [0.15, 0.2) is 6.29 Å². The maximum absolute atomic E-state index is 4.86. The summed E-state index contributed by atoms with van der Waals surface area (Å²) in [6.07, 6.45) is 1.44. The Hall–Kier alpha value is -0.410. The second-order valence-electron chi connectivity index (χ2n) is 1.23. The van der Waals surface area contributed by atoms with Crippen molar-refractivity contribution in [3.8, 4) is 0 Å². The molecule has 0 aromatic heterocycles. The zero-order chi connectivity index (χ0) is 5.11. The van der Waals surface area contributed by atoms with Gasteiger partial charge in [-0.2, -0.15) is 0 Å². The van der Waals surface area contributed by atoms with Crippen LogP contribution in [0.3, 0.4) is 0 Å². The molecule has 1 atom stereocenters. The van der Waals surface area contributed by atoms with Gasteiger partial charge < -0.3 is 9.47 Å². The third-order valence-electron chi connectivity index (χ3n) is 0.773. The number of aliphatic imine (C=N–C) groups is 1. The van der Waals surface area contributed by atoms with Crippen LogP contribution in [0.15, 0.2) is 4.99 Å². The van der Waals surface area contributed by atoms with Crippen LogP contribution >= 0.6 is 0 Å². The van der Waals surface area contributed by atoms with Crippen LogP contribution in [-0.2, 0) is 9.47 Å². The van der Waals surface area contributed by atoms with Crippen LogP contribution in [0.5, 0.6) is 0 Å². The van der Waals surface area contributed by atoms with Crippen LogP contribution in [0.25, 0.3) is 0 Å². The van der Waals surface area contributed by atoms with Crippen molar-refractivity contribution < 1.29 is 9.47 Å². The SMILES string of the molecule is COC1C=NCO1. The maximum Gasteiger partial charge on any atom is 0.195 e. The lowest BCUT2D eigenvalue weighted by molar-refractivity contribution is -0.0574. The third kappa shape index (κ3) is 0.976. The van der Waals surface area contributed by atoms with Crippen LogP contribution in [0, 0.1) is 0 Å². The lowest BCUT2D eigenvalue weighted by Crippen LogP contribution is -2.09. The molecule has 1 heterocycles. The molecule has 40 valence electrons. The largest absolute Gasteiger partial charge is 0.351 e. The summed E-state index contributed by atoms with van der Waals surface area (Å²) >= 11 is 0. The van der Waals surface area contributed by atoms with Crippen molar-refractivity contribution >= 4 is 6.21 Å². The molecule has 0 radical (unpaired) electrons. The van der Waals surface area contributed by atoms with Crippen LogP contribution in [-0.4, -0.2) is 26.3 Å². The average Bonchev–Trinajstić information content (AvgIpc) is 2.14. The molecule has 3 nitrogen and oxygen atoms in total. The molecule has 0 aliphatic carbocycles. The first-order valence-electron chi connectivity index (χ1n) is 2.08. The number of ether oxygens (including phenoxy) is 2. The molecule has 0 saturated heterocycles. The molecule has 0 saturated carbocycles. The fourth-order valence-corrected chi connectivity index (χ4v) is 0.418. The summed E-state index contributed by atoms with van der Waals surface area (Å²) in [6, 6.07) is 0. The predicted octanol–water partition coefficient (Wildman–Crippen LogP) is 0.0174. The van der Waals surface area contributed by atoms with Crippen molar-refractivity contribution in [2.75, 3.05) is 13.8 Å². The highest BCUT2D eigenvalue weighted by Crippen LogP contribution is 1.95. The molecular weight excluding hydrogens is 94.0 g/mol. The second-order valence-corrected chi connectivity index (χ2v) is 1.23. The Morgan fingerprint density at radius 2 is 2.86 bits per heavy atom. The second kappa shape index (κ2) is 2.04. The van der Waals surface area contributed by atoms with Gasteiger partial charge in [0.05, 0.1) is 6.21 Å². The normalized spacial score (nSPS) is 29.0. The molecule has 7 heavy (non-hydrogen) atoms. The molecule has 1 aliphatic rings. The highest BCUT2D eigenvalue weighted by atomic mass is 16.7. The molecule has 0 fully saturated rings. The van der Waals surface area contributed by atoms with E-state index < -0.39 is 0 Å². The predicted molar refractivity (Wildman–Crippen MR) is 25.2 cm³/mol. The van der Waals surface area contributed by atoms with Crippen molar-refractivity contribution in [3.63, 3.8) is 0 Å². The smallest absolute Gasteiger partial charge is 0.195 e. The minimum absolute atomic E-state index is 0.194. The number of rotatable bonds is 1. The van der Waals surface area contributed by atoms with E-state index in [-0.39, 0.29) is 6.29 Å². The summed E-state index contributed by atoms with van der Waals surface area (Å²) in [4.78, 5) is 3.76. The standard InChI is InChI=1S/C4H7NO2/c1-6-4-2-5-3-7-4/h2,4H,3H2,1H3. The maximum atomic E-state index is 4.86. The molecular formula is C4H7NO2. The zero-order valence-corrected chi connectivity index (χ0v) is 4.13. The summed E-state index contributed by atoms with van der Waals surface area (Å²) < 4.78 is 9.60. The van der Waals surface area contributed by atoms with Crippen LogP contribution in [0.4, 0.5) is 0 Å². The van der Waals surface area contributed by atoms with E-state index in [0.29, 0.717) is 6.73 Å². The molecule has 1 rings (SSSR count). The van der Waals surface area contributed by atoms with Crippen molar-refractivity contribution in [3.05, 3.63) is 0 Å². The van der Waals surface area contributed by atoms with E-state index in [1.165, 1.54) is 0 Å². The van der Waals surface area contributed by atoms with Crippen molar-refractivity contribution in [2.24, 2.45) is 4.99 Å². The van der Waals surface area contributed by atoms with E-state index in [0.717, 1.165) is 0 Å². The van der Waals surface area contributed by atoms with Gasteiger partial charge in [-0.05, 0) is 0 Å². The fraction of sp³-hybridized carbons (Fsp3) is 0.750. The first-order chi connectivity index (χ1) is 3.43. The molecule has 3 heteroatoms. The Kier molecular flexibility index (Phi) is 1.38. The Labute approximate surface area is 42.0 Å². The van der Waals surface area contributed by atoms with E-state index in [1.807, 2.05) is 0 Å². The number of methoxy groups -OCH3 is 1. The van der Waals surface area contributed by atoms with Crippen LogP contribution < -0.4 is 0 Å². The summed E-state index contributed by atoms with van der Waals surface area (Å²) in [7, 11) is 1.59. The Bertz CT molecular complexity index is 81.8. The average molecular weight is 101 g/mol. The van der Waals surface area contributed by atoms with Gasteiger partial charge in [0.2, 0.25) is 0 Å².